The van der Waals surface area contributed by atoms with E-state index in [1.165, 1.54) is 12.1 Å². The topological polar surface area (TPSA) is 59.5 Å². The van der Waals surface area contributed by atoms with Gasteiger partial charge in [0.05, 0.1) is 28.3 Å². The van der Waals surface area contributed by atoms with Gasteiger partial charge in [-0.1, -0.05) is 0 Å². The van der Waals surface area contributed by atoms with Crippen LogP contribution in [0.4, 0.5) is 10.1 Å². The van der Waals surface area contributed by atoms with Crippen LogP contribution in [0.1, 0.15) is 26.0 Å². The standard InChI is InChI=1S/C18H23FN2O3S/c1-18(2)6-7-21(8-9-25(18,22)23)17-11-14(12-24-3)20-16-5-4-13(19)10-15(16)17/h4-5,10-11H,6-9,12H2,1-3H3. The van der Waals surface area contributed by atoms with Crippen LogP contribution >= 0.6 is 0 Å². The lowest BCUT2D eigenvalue weighted by molar-refractivity contribution is 0.182. The maximum absolute atomic E-state index is 13.8. The molecule has 1 fully saturated rings. The molecule has 1 aliphatic rings. The van der Waals surface area contributed by atoms with Crippen molar-refractivity contribution in [3.8, 4) is 0 Å². The number of pyridine rings is 1. The second-order valence-corrected chi connectivity index (χ2v) is 9.79. The normalized spacial score (nSPS) is 19.8. The van der Waals surface area contributed by atoms with E-state index >= 15 is 0 Å². The largest absolute Gasteiger partial charge is 0.378 e. The number of nitrogens with zero attached hydrogens (tertiary/aromatic N) is 2. The van der Waals surface area contributed by atoms with Gasteiger partial charge in [0.25, 0.3) is 0 Å². The van der Waals surface area contributed by atoms with Crippen LogP contribution in [-0.4, -0.2) is 44.1 Å². The minimum atomic E-state index is -3.18. The lowest BCUT2D eigenvalue weighted by Crippen LogP contribution is -2.33. The van der Waals surface area contributed by atoms with Gasteiger partial charge in [0.1, 0.15) is 5.82 Å². The highest BCUT2D eigenvalue weighted by atomic mass is 32.2. The van der Waals surface area contributed by atoms with Gasteiger partial charge in [0.2, 0.25) is 0 Å². The average Bonchev–Trinajstić information content (AvgIpc) is 2.64. The molecule has 136 valence electrons. The smallest absolute Gasteiger partial charge is 0.157 e. The maximum Gasteiger partial charge on any atom is 0.157 e. The Morgan fingerprint density at radius 3 is 2.76 bits per heavy atom. The molecule has 0 atom stereocenters. The highest BCUT2D eigenvalue weighted by Gasteiger charge is 2.37. The molecule has 1 aliphatic heterocycles. The summed E-state index contributed by atoms with van der Waals surface area (Å²) in [7, 11) is -1.58. The van der Waals surface area contributed by atoms with Crippen LogP contribution in [-0.2, 0) is 21.2 Å². The Labute approximate surface area is 147 Å². The third-order valence-corrected chi connectivity index (χ3v) is 7.50. The van der Waals surface area contributed by atoms with E-state index in [2.05, 4.69) is 4.98 Å². The van der Waals surface area contributed by atoms with Crippen molar-refractivity contribution < 1.29 is 17.5 Å². The molecule has 3 rings (SSSR count). The van der Waals surface area contributed by atoms with Crippen LogP contribution in [0.3, 0.4) is 0 Å². The molecule has 1 saturated heterocycles. The summed E-state index contributed by atoms with van der Waals surface area (Å²) in [5.41, 5.74) is 2.23. The van der Waals surface area contributed by atoms with Crippen LogP contribution in [0.5, 0.6) is 0 Å². The van der Waals surface area contributed by atoms with Crippen LogP contribution in [0.25, 0.3) is 10.9 Å². The van der Waals surface area contributed by atoms with Crippen LogP contribution in [0.2, 0.25) is 0 Å². The number of rotatable bonds is 3. The minimum absolute atomic E-state index is 0.0821. The highest BCUT2D eigenvalue weighted by Crippen LogP contribution is 2.32. The fourth-order valence-corrected chi connectivity index (χ4v) is 4.55. The summed E-state index contributed by atoms with van der Waals surface area (Å²) in [5, 5.41) is 0.692. The summed E-state index contributed by atoms with van der Waals surface area (Å²) < 4.78 is 43.2. The Balaban J connectivity index is 2.09. The van der Waals surface area contributed by atoms with E-state index in [9.17, 15) is 12.8 Å². The summed E-state index contributed by atoms with van der Waals surface area (Å²) in [5.74, 6) is -0.253. The second kappa shape index (κ2) is 6.53. The molecule has 7 heteroatoms. The summed E-state index contributed by atoms with van der Waals surface area (Å²) in [6.07, 6.45) is 0.522. The number of fused-ring (bicyclic) bond motifs is 1. The summed E-state index contributed by atoms with van der Waals surface area (Å²) in [6.45, 7) is 4.86. The van der Waals surface area contributed by atoms with E-state index in [0.29, 0.717) is 37.0 Å². The molecule has 2 aromatic rings. The minimum Gasteiger partial charge on any atom is -0.378 e. The first-order chi connectivity index (χ1) is 11.7. The molecular weight excluding hydrogens is 343 g/mol. The molecule has 0 N–H and O–H groups in total. The predicted molar refractivity (Wildman–Crippen MR) is 97.1 cm³/mol. The van der Waals surface area contributed by atoms with Gasteiger partial charge in [-0.2, -0.15) is 0 Å². The Bertz CT molecular complexity index is 897. The third-order valence-electron chi connectivity index (χ3n) is 4.89. The molecule has 0 bridgehead atoms. The molecule has 0 saturated carbocycles. The zero-order valence-corrected chi connectivity index (χ0v) is 15.6. The SMILES string of the molecule is COCc1cc(N2CCC(C)(C)S(=O)(=O)CC2)c2cc(F)ccc2n1. The first-order valence-electron chi connectivity index (χ1n) is 8.29. The number of hydrogen-bond acceptors (Lipinski definition) is 5. The number of hydrogen-bond donors (Lipinski definition) is 0. The van der Waals surface area contributed by atoms with E-state index in [0.717, 1.165) is 11.4 Å². The Kier molecular flexibility index (Phi) is 4.72. The van der Waals surface area contributed by atoms with Crippen LogP contribution in [0.15, 0.2) is 24.3 Å². The number of halogens is 1. The summed E-state index contributed by atoms with van der Waals surface area (Å²) in [6, 6.07) is 6.35. The molecule has 1 aromatic heterocycles. The Morgan fingerprint density at radius 1 is 1.28 bits per heavy atom. The second-order valence-electron chi connectivity index (χ2n) is 7.04. The average molecular weight is 366 g/mol. The van der Waals surface area contributed by atoms with E-state index < -0.39 is 14.6 Å². The van der Waals surface area contributed by atoms with Gasteiger partial charge in [-0.15, -0.1) is 0 Å². The Morgan fingerprint density at radius 2 is 2.04 bits per heavy atom. The zero-order chi connectivity index (χ0) is 18.2. The lowest BCUT2D eigenvalue weighted by Gasteiger charge is -2.25. The molecule has 25 heavy (non-hydrogen) atoms. The monoisotopic (exact) mass is 366 g/mol. The van der Waals surface area contributed by atoms with Crippen molar-refractivity contribution in [2.45, 2.75) is 31.6 Å². The van der Waals surface area contributed by atoms with Crippen molar-refractivity contribution in [3.63, 3.8) is 0 Å². The molecule has 0 amide bonds. The van der Waals surface area contributed by atoms with Gasteiger partial charge in [-0.05, 0) is 44.5 Å². The molecule has 0 aliphatic carbocycles. The lowest BCUT2D eigenvalue weighted by atomic mass is 10.1. The van der Waals surface area contributed by atoms with Crippen molar-refractivity contribution >= 4 is 26.4 Å². The van der Waals surface area contributed by atoms with E-state index in [1.54, 1.807) is 27.0 Å². The van der Waals surface area contributed by atoms with Gasteiger partial charge in [-0.25, -0.2) is 12.8 Å². The van der Waals surface area contributed by atoms with Crippen molar-refractivity contribution in [2.24, 2.45) is 0 Å². The highest BCUT2D eigenvalue weighted by molar-refractivity contribution is 7.92. The van der Waals surface area contributed by atoms with E-state index in [1.807, 2.05) is 11.0 Å². The molecular formula is C18H23FN2O3S. The van der Waals surface area contributed by atoms with Gasteiger partial charge in [-0.3, -0.25) is 4.98 Å². The first kappa shape index (κ1) is 18.1. The van der Waals surface area contributed by atoms with Gasteiger partial charge >= 0.3 is 0 Å². The third kappa shape index (κ3) is 3.48. The zero-order valence-electron chi connectivity index (χ0n) is 14.8. The van der Waals surface area contributed by atoms with Crippen LogP contribution < -0.4 is 4.90 Å². The number of ether oxygens (including phenoxy) is 1. The molecule has 0 spiro atoms. The number of aromatic nitrogens is 1. The number of sulfone groups is 1. The number of anilines is 1. The first-order valence-corrected chi connectivity index (χ1v) is 9.94. The van der Waals surface area contributed by atoms with Gasteiger partial charge in [0.15, 0.2) is 9.84 Å². The summed E-state index contributed by atoms with van der Waals surface area (Å²) in [4.78, 5) is 6.53. The fraction of sp³-hybridized carbons (Fsp3) is 0.500. The van der Waals surface area contributed by atoms with E-state index in [-0.39, 0.29) is 11.6 Å². The predicted octanol–water partition coefficient (Wildman–Crippen LogP) is 2.92. The van der Waals surface area contributed by atoms with Crippen molar-refractivity contribution in [2.75, 3.05) is 30.9 Å². The maximum atomic E-state index is 13.8. The van der Waals surface area contributed by atoms with Crippen LogP contribution in [0, 0.1) is 5.82 Å². The van der Waals surface area contributed by atoms with Crippen molar-refractivity contribution in [1.29, 1.82) is 0 Å². The summed E-state index contributed by atoms with van der Waals surface area (Å²) >= 11 is 0. The molecule has 5 nitrogen and oxygen atoms in total. The van der Waals surface area contributed by atoms with Gasteiger partial charge < -0.3 is 9.64 Å². The number of methoxy groups -OCH3 is 1. The molecule has 2 heterocycles. The quantitative estimate of drug-likeness (QED) is 0.836. The molecule has 0 radical (unpaired) electrons. The number of benzene rings is 1. The Hall–Kier alpha value is -1.73. The fourth-order valence-electron chi connectivity index (χ4n) is 3.14. The molecule has 1 aromatic carbocycles. The molecule has 0 unspecified atom stereocenters. The van der Waals surface area contributed by atoms with E-state index in [4.69, 9.17) is 4.74 Å². The van der Waals surface area contributed by atoms with Crippen molar-refractivity contribution in [3.05, 3.63) is 35.8 Å². The van der Waals surface area contributed by atoms with Gasteiger partial charge in [0, 0.05) is 31.3 Å². The van der Waals surface area contributed by atoms with Crippen molar-refractivity contribution in [1.82, 2.24) is 4.98 Å².